The molecule has 3 aromatic carbocycles. The Kier molecular flexibility index (Phi) is 9.93. The third-order valence-corrected chi connectivity index (χ3v) is 8.35. The van der Waals surface area contributed by atoms with Crippen LogP contribution in [0.3, 0.4) is 0 Å². The number of aryl methyl sites for hydroxylation is 1. The summed E-state index contributed by atoms with van der Waals surface area (Å²) in [6, 6.07) is 19.5. The van der Waals surface area contributed by atoms with Crippen molar-refractivity contribution >= 4 is 43.5 Å². The first-order chi connectivity index (χ1) is 18.1. The van der Waals surface area contributed by atoms with Crippen molar-refractivity contribution in [3.05, 3.63) is 88.4 Å². The molecule has 0 spiro atoms. The lowest BCUT2D eigenvalue weighted by molar-refractivity contribution is -0.139. The fourth-order valence-electron chi connectivity index (χ4n) is 3.81. The summed E-state index contributed by atoms with van der Waals surface area (Å²) < 4.78 is 34.6. The third-order valence-electron chi connectivity index (χ3n) is 6.03. The molecule has 10 heteroatoms. The second kappa shape index (κ2) is 12.9. The van der Waals surface area contributed by atoms with Gasteiger partial charge in [-0.05, 0) is 74.9 Å². The predicted octanol–water partition coefficient (Wildman–Crippen LogP) is 4.51. The van der Waals surface area contributed by atoms with Gasteiger partial charge in [-0.2, -0.15) is 0 Å². The Balaban J connectivity index is 2.01. The van der Waals surface area contributed by atoms with Gasteiger partial charge in [-0.15, -0.1) is 0 Å². The Bertz CT molecular complexity index is 1340. The zero-order chi connectivity index (χ0) is 27.9. The molecule has 0 bridgehead atoms. The van der Waals surface area contributed by atoms with Crippen molar-refractivity contribution in [2.75, 3.05) is 24.5 Å². The monoisotopic (exact) mass is 601 g/mol. The van der Waals surface area contributed by atoms with Crippen LogP contribution in [0.1, 0.15) is 25.0 Å². The summed E-state index contributed by atoms with van der Waals surface area (Å²) in [6.45, 7) is 5.32. The second-order valence-corrected chi connectivity index (χ2v) is 11.5. The molecular formula is C28H32BrN3O5S. The Morgan fingerprint density at radius 2 is 1.58 bits per heavy atom. The summed E-state index contributed by atoms with van der Waals surface area (Å²) in [5.74, 6) is -0.182. The Morgan fingerprint density at radius 3 is 2.13 bits per heavy atom. The molecule has 0 heterocycles. The summed E-state index contributed by atoms with van der Waals surface area (Å²) in [7, 11) is -2.53. The maximum atomic E-state index is 13.8. The Morgan fingerprint density at radius 1 is 0.974 bits per heavy atom. The van der Waals surface area contributed by atoms with Crippen molar-refractivity contribution in [2.24, 2.45) is 0 Å². The van der Waals surface area contributed by atoms with E-state index in [1.807, 2.05) is 6.92 Å². The van der Waals surface area contributed by atoms with E-state index in [0.717, 1.165) is 19.9 Å². The molecule has 0 unspecified atom stereocenters. The first-order valence-electron chi connectivity index (χ1n) is 12.1. The number of carbonyl (C=O) groups is 2. The number of carbonyl (C=O) groups excluding carboxylic acids is 2. The van der Waals surface area contributed by atoms with Gasteiger partial charge in [-0.3, -0.25) is 13.9 Å². The van der Waals surface area contributed by atoms with Gasteiger partial charge in [-0.25, -0.2) is 8.42 Å². The van der Waals surface area contributed by atoms with Crippen molar-refractivity contribution in [1.29, 1.82) is 0 Å². The van der Waals surface area contributed by atoms with Crippen LogP contribution >= 0.6 is 15.9 Å². The number of likely N-dealkylation sites (N-methyl/N-ethyl adjacent to an activating group) is 1. The zero-order valence-corrected chi connectivity index (χ0v) is 24.3. The number of anilines is 1. The number of nitrogens with one attached hydrogen (secondary N) is 1. The number of halogens is 1. The standard InChI is InChI=1S/C28H32BrN3O5S/c1-5-30-28(34)21(3)31(18-22-8-14-25(37-4)15-9-22)27(33)19-32(24-12-10-23(29)11-13-24)38(35,36)26-16-6-20(2)7-17-26/h6-17,21H,5,18-19H2,1-4H3,(H,30,34)/t21-/m1/s1. The second-order valence-electron chi connectivity index (χ2n) is 8.74. The highest BCUT2D eigenvalue weighted by Gasteiger charge is 2.32. The van der Waals surface area contributed by atoms with E-state index in [-0.39, 0.29) is 17.3 Å². The molecule has 0 aliphatic heterocycles. The van der Waals surface area contributed by atoms with E-state index in [9.17, 15) is 18.0 Å². The lowest BCUT2D eigenvalue weighted by Crippen LogP contribution is -2.51. The molecule has 2 amide bonds. The SMILES string of the molecule is CCNC(=O)[C@@H](C)N(Cc1ccc(OC)cc1)C(=O)CN(c1ccc(Br)cc1)S(=O)(=O)c1ccc(C)cc1. The van der Waals surface area contributed by atoms with Crippen LogP contribution in [0.25, 0.3) is 0 Å². The Labute approximate surface area is 232 Å². The molecule has 0 saturated heterocycles. The molecule has 0 aromatic heterocycles. The van der Waals surface area contributed by atoms with Gasteiger partial charge in [0, 0.05) is 17.6 Å². The quantitative estimate of drug-likeness (QED) is 0.349. The highest BCUT2D eigenvalue weighted by molar-refractivity contribution is 9.10. The van der Waals surface area contributed by atoms with E-state index in [4.69, 9.17) is 4.74 Å². The van der Waals surface area contributed by atoms with Gasteiger partial charge in [0.1, 0.15) is 18.3 Å². The minimum atomic E-state index is -4.10. The van der Waals surface area contributed by atoms with Gasteiger partial charge in [-0.1, -0.05) is 45.8 Å². The number of ether oxygens (including phenoxy) is 1. The summed E-state index contributed by atoms with van der Waals surface area (Å²) in [5.41, 5.74) is 2.01. The van der Waals surface area contributed by atoms with Crippen LogP contribution in [0.2, 0.25) is 0 Å². The molecule has 0 radical (unpaired) electrons. The average molecular weight is 603 g/mol. The van der Waals surface area contributed by atoms with Crippen LogP contribution in [0.5, 0.6) is 5.75 Å². The predicted molar refractivity (Wildman–Crippen MR) is 152 cm³/mol. The first kappa shape index (κ1) is 29.2. The number of benzene rings is 3. The maximum Gasteiger partial charge on any atom is 0.264 e. The third kappa shape index (κ3) is 7.14. The van der Waals surface area contributed by atoms with Crippen LogP contribution in [-0.2, 0) is 26.2 Å². The van der Waals surface area contributed by atoms with Crippen LogP contribution < -0.4 is 14.4 Å². The molecule has 0 saturated carbocycles. The number of rotatable bonds is 11. The normalized spacial score (nSPS) is 11.9. The van der Waals surface area contributed by atoms with Crippen LogP contribution in [-0.4, -0.2) is 51.4 Å². The number of hydrogen-bond donors (Lipinski definition) is 1. The molecule has 0 aliphatic carbocycles. The van der Waals surface area contributed by atoms with Crippen molar-refractivity contribution in [1.82, 2.24) is 10.2 Å². The molecule has 0 fully saturated rings. The summed E-state index contributed by atoms with van der Waals surface area (Å²) in [5, 5.41) is 2.75. The molecule has 38 heavy (non-hydrogen) atoms. The van der Waals surface area contributed by atoms with Crippen molar-refractivity contribution in [2.45, 2.75) is 38.3 Å². The van der Waals surface area contributed by atoms with Crippen LogP contribution in [0, 0.1) is 6.92 Å². The van der Waals surface area contributed by atoms with E-state index in [0.29, 0.717) is 18.0 Å². The summed E-state index contributed by atoms with van der Waals surface area (Å²) >= 11 is 3.37. The molecule has 3 aromatic rings. The molecule has 1 atom stereocenters. The van der Waals surface area contributed by atoms with E-state index in [1.54, 1.807) is 81.6 Å². The van der Waals surface area contributed by atoms with Crippen molar-refractivity contribution < 1.29 is 22.7 Å². The minimum Gasteiger partial charge on any atom is -0.497 e. The smallest absolute Gasteiger partial charge is 0.264 e. The van der Waals surface area contributed by atoms with E-state index in [2.05, 4.69) is 21.2 Å². The van der Waals surface area contributed by atoms with Gasteiger partial charge in [0.2, 0.25) is 11.8 Å². The van der Waals surface area contributed by atoms with Gasteiger partial charge in [0.25, 0.3) is 10.0 Å². The summed E-state index contributed by atoms with van der Waals surface area (Å²) in [6.07, 6.45) is 0. The number of hydrogen-bond acceptors (Lipinski definition) is 5. The van der Waals surface area contributed by atoms with Crippen molar-refractivity contribution in [3.8, 4) is 5.75 Å². The number of nitrogens with zero attached hydrogens (tertiary/aromatic N) is 2. The lowest BCUT2D eigenvalue weighted by atomic mass is 10.1. The number of methoxy groups -OCH3 is 1. The number of amides is 2. The molecule has 1 N–H and O–H groups in total. The molecular weight excluding hydrogens is 570 g/mol. The fourth-order valence-corrected chi connectivity index (χ4v) is 5.48. The van der Waals surface area contributed by atoms with Gasteiger partial charge in [0.05, 0.1) is 17.7 Å². The highest BCUT2D eigenvalue weighted by atomic mass is 79.9. The van der Waals surface area contributed by atoms with E-state index in [1.165, 1.54) is 17.0 Å². The molecule has 202 valence electrons. The lowest BCUT2D eigenvalue weighted by Gasteiger charge is -2.32. The molecule has 8 nitrogen and oxygen atoms in total. The Hall–Kier alpha value is -3.37. The van der Waals surface area contributed by atoms with E-state index < -0.39 is 28.5 Å². The zero-order valence-electron chi connectivity index (χ0n) is 21.8. The van der Waals surface area contributed by atoms with Gasteiger partial charge in [0.15, 0.2) is 0 Å². The number of sulfonamides is 1. The van der Waals surface area contributed by atoms with E-state index >= 15 is 0 Å². The van der Waals surface area contributed by atoms with Gasteiger partial charge < -0.3 is 15.0 Å². The van der Waals surface area contributed by atoms with Gasteiger partial charge >= 0.3 is 0 Å². The van der Waals surface area contributed by atoms with Crippen LogP contribution in [0.15, 0.2) is 82.2 Å². The summed E-state index contributed by atoms with van der Waals surface area (Å²) in [4.78, 5) is 28.0. The first-order valence-corrected chi connectivity index (χ1v) is 14.3. The average Bonchev–Trinajstić information content (AvgIpc) is 2.91. The largest absolute Gasteiger partial charge is 0.497 e. The fraction of sp³-hybridized carbons (Fsp3) is 0.286. The minimum absolute atomic E-state index is 0.0669. The maximum absolute atomic E-state index is 13.8. The van der Waals surface area contributed by atoms with Crippen molar-refractivity contribution in [3.63, 3.8) is 0 Å². The van der Waals surface area contributed by atoms with Crippen LogP contribution in [0.4, 0.5) is 5.69 Å². The highest BCUT2D eigenvalue weighted by Crippen LogP contribution is 2.26. The molecule has 0 aliphatic rings. The topological polar surface area (TPSA) is 96.0 Å². The molecule has 3 rings (SSSR count).